The van der Waals surface area contributed by atoms with E-state index in [1.54, 1.807) is 40.7 Å². The molecule has 2 saturated heterocycles. The van der Waals surface area contributed by atoms with Gasteiger partial charge in [-0.3, -0.25) is 4.90 Å². The van der Waals surface area contributed by atoms with Crippen molar-refractivity contribution >= 4 is 12.1 Å². The van der Waals surface area contributed by atoms with Crippen molar-refractivity contribution in [3.05, 3.63) is 0 Å². The van der Waals surface area contributed by atoms with Crippen molar-refractivity contribution in [2.24, 2.45) is 0 Å². The van der Waals surface area contributed by atoms with Crippen LogP contribution in [-0.4, -0.2) is 78.5 Å². The number of urea groups is 2. The van der Waals surface area contributed by atoms with E-state index in [1.807, 2.05) is 6.92 Å². The molecule has 4 amide bonds. The number of nitrogens with zero attached hydrogens (tertiary/aromatic N) is 4. The summed E-state index contributed by atoms with van der Waals surface area (Å²) in [4.78, 5) is 30.2. The van der Waals surface area contributed by atoms with Crippen molar-refractivity contribution in [1.29, 1.82) is 0 Å². The average molecular weight is 242 g/mol. The number of amides is 4. The summed E-state index contributed by atoms with van der Waals surface area (Å²) in [6.07, 6.45) is -0.503. The van der Waals surface area contributed by atoms with Gasteiger partial charge in [0, 0.05) is 27.7 Å². The minimum absolute atomic E-state index is 0.0825. The van der Waals surface area contributed by atoms with Crippen LogP contribution in [0.25, 0.3) is 0 Å². The number of rotatable bonds is 3. The lowest BCUT2D eigenvalue weighted by Gasteiger charge is -2.25. The smallest absolute Gasteiger partial charge is 0.325 e. The number of carbonyl (C=O) groups is 2. The third-order valence-corrected chi connectivity index (χ3v) is 3.36. The summed E-state index contributed by atoms with van der Waals surface area (Å²) < 4.78 is 5.29. The first-order valence-corrected chi connectivity index (χ1v) is 5.61. The van der Waals surface area contributed by atoms with Crippen molar-refractivity contribution in [2.45, 2.75) is 19.3 Å². The van der Waals surface area contributed by atoms with Crippen LogP contribution in [0.4, 0.5) is 9.59 Å². The van der Waals surface area contributed by atoms with E-state index in [9.17, 15) is 9.59 Å². The summed E-state index contributed by atoms with van der Waals surface area (Å²) in [5.74, 6) is 0. The highest BCUT2D eigenvalue weighted by atomic mass is 16.5. The second-order valence-electron chi connectivity index (χ2n) is 4.32. The molecule has 2 heterocycles. The molecule has 2 atom stereocenters. The van der Waals surface area contributed by atoms with Crippen molar-refractivity contribution in [3.8, 4) is 0 Å². The van der Waals surface area contributed by atoms with E-state index in [-0.39, 0.29) is 31.1 Å². The second kappa shape index (κ2) is 4.06. The molecule has 7 nitrogen and oxygen atoms in total. The summed E-state index contributed by atoms with van der Waals surface area (Å²) in [7, 11) is 5.11. The predicted molar refractivity (Wildman–Crippen MR) is 60.0 cm³/mol. The molecule has 0 aromatic carbocycles. The molecule has 0 N–H and O–H groups in total. The monoisotopic (exact) mass is 242 g/mol. The van der Waals surface area contributed by atoms with E-state index in [0.717, 1.165) is 0 Å². The molecular weight excluding hydrogens is 224 g/mol. The molecular formula is C10H18N4O3. The Morgan fingerprint density at radius 1 is 1.00 bits per heavy atom. The molecule has 0 saturated carbocycles. The highest BCUT2D eigenvalue weighted by Crippen LogP contribution is 2.31. The van der Waals surface area contributed by atoms with Gasteiger partial charge in [-0.15, -0.1) is 0 Å². The lowest BCUT2D eigenvalue weighted by atomic mass is 10.4. The topological polar surface area (TPSA) is 56.3 Å². The summed E-state index contributed by atoms with van der Waals surface area (Å²) in [5, 5.41) is 0. The molecule has 0 aromatic heterocycles. The molecule has 2 rings (SSSR count). The van der Waals surface area contributed by atoms with Crippen molar-refractivity contribution < 1.29 is 14.3 Å². The van der Waals surface area contributed by atoms with Gasteiger partial charge in [0.2, 0.25) is 0 Å². The van der Waals surface area contributed by atoms with Crippen molar-refractivity contribution in [3.63, 3.8) is 0 Å². The van der Waals surface area contributed by atoms with Gasteiger partial charge in [-0.25, -0.2) is 9.59 Å². The van der Waals surface area contributed by atoms with E-state index in [4.69, 9.17) is 4.74 Å². The third kappa shape index (κ3) is 1.53. The van der Waals surface area contributed by atoms with Crippen LogP contribution in [0, 0.1) is 0 Å². The van der Waals surface area contributed by atoms with Crippen LogP contribution in [0.3, 0.4) is 0 Å². The van der Waals surface area contributed by atoms with Crippen LogP contribution in [0.5, 0.6) is 0 Å². The molecule has 2 unspecified atom stereocenters. The Hall–Kier alpha value is -1.50. The van der Waals surface area contributed by atoms with E-state index in [1.165, 1.54) is 0 Å². The first-order chi connectivity index (χ1) is 8.00. The van der Waals surface area contributed by atoms with Gasteiger partial charge in [0.25, 0.3) is 0 Å². The van der Waals surface area contributed by atoms with Crippen molar-refractivity contribution in [2.75, 3.05) is 34.5 Å². The lowest BCUT2D eigenvalue weighted by molar-refractivity contribution is 0.0212. The minimum atomic E-state index is -0.267. The number of ether oxygens (including phenoxy) is 1. The van der Waals surface area contributed by atoms with Gasteiger partial charge < -0.3 is 19.4 Å². The molecule has 0 bridgehead atoms. The Balaban J connectivity index is 2.24. The zero-order valence-corrected chi connectivity index (χ0v) is 10.6. The molecule has 0 aromatic rings. The molecule has 2 aliphatic heterocycles. The Morgan fingerprint density at radius 2 is 1.53 bits per heavy atom. The van der Waals surface area contributed by atoms with Gasteiger partial charge in [-0.2, -0.15) is 0 Å². The molecule has 0 aliphatic carbocycles. The largest absolute Gasteiger partial charge is 0.361 e. The van der Waals surface area contributed by atoms with Crippen LogP contribution >= 0.6 is 0 Å². The number of fused-ring (bicyclic) bond motifs is 1. The van der Waals surface area contributed by atoms with Gasteiger partial charge in [-0.05, 0) is 6.92 Å². The van der Waals surface area contributed by atoms with Gasteiger partial charge in [0.1, 0.15) is 12.9 Å². The van der Waals surface area contributed by atoms with Crippen molar-refractivity contribution in [1.82, 2.24) is 19.6 Å². The van der Waals surface area contributed by atoms with Crippen LogP contribution in [-0.2, 0) is 4.74 Å². The van der Waals surface area contributed by atoms with Gasteiger partial charge in [-0.1, -0.05) is 0 Å². The zero-order valence-electron chi connectivity index (χ0n) is 10.6. The highest BCUT2D eigenvalue weighted by Gasteiger charge is 2.55. The average Bonchev–Trinajstić information content (AvgIpc) is 2.68. The molecule has 7 heteroatoms. The number of likely N-dealkylation sites (N-methyl/N-ethyl adjacent to an activating group) is 3. The first kappa shape index (κ1) is 12.0. The molecule has 0 radical (unpaired) electrons. The highest BCUT2D eigenvalue weighted by molar-refractivity contribution is 5.84. The fraction of sp³-hybridized carbons (Fsp3) is 0.800. The van der Waals surface area contributed by atoms with E-state index in [0.29, 0.717) is 6.61 Å². The van der Waals surface area contributed by atoms with E-state index < -0.39 is 0 Å². The number of hydrogen-bond acceptors (Lipinski definition) is 3. The Labute approximate surface area is 100 Å². The fourth-order valence-electron chi connectivity index (χ4n) is 2.46. The Bertz CT molecular complexity index is 348. The van der Waals surface area contributed by atoms with E-state index >= 15 is 0 Å². The van der Waals surface area contributed by atoms with Gasteiger partial charge in [0.05, 0.1) is 0 Å². The van der Waals surface area contributed by atoms with Gasteiger partial charge >= 0.3 is 12.1 Å². The summed E-state index contributed by atoms with van der Waals surface area (Å²) in [6.45, 7) is 2.63. The normalized spacial score (nSPS) is 28.5. The summed E-state index contributed by atoms with van der Waals surface area (Å²) in [5.41, 5.74) is 0. The SMILES string of the molecule is CCOCN1C(=O)N(C)C2C1N(C)C(=O)N2C. The quantitative estimate of drug-likeness (QED) is 0.700. The van der Waals surface area contributed by atoms with Crippen LogP contribution in [0.2, 0.25) is 0 Å². The van der Waals surface area contributed by atoms with Crippen LogP contribution < -0.4 is 0 Å². The molecule has 2 aliphatic rings. The molecule has 0 spiro atoms. The third-order valence-electron chi connectivity index (χ3n) is 3.36. The lowest BCUT2D eigenvalue weighted by Crippen LogP contribution is -2.45. The molecule has 2 fully saturated rings. The van der Waals surface area contributed by atoms with E-state index in [2.05, 4.69) is 0 Å². The molecule has 17 heavy (non-hydrogen) atoms. The number of carbonyl (C=O) groups excluding carboxylic acids is 2. The van der Waals surface area contributed by atoms with Crippen LogP contribution in [0.1, 0.15) is 6.92 Å². The Kier molecular flexibility index (Phi) is 2.86. The number of hydrogen-bond donors (Lipinski definition) is 0. The second-order valence-corrected chi connectivity index (χ2v) is 4.32. The molecule has 96 valence electrons. The van der Waals surface area contributed by atoms with Gasteiger partial charge in [0.15, 0.2) is 6.17 Å². The maximum Gasteiger partial charge on any atom is 0.325 e. The first-order valence-electron chi connectivity index (χ1n) is 5.61. The Morgan fingerprint density at radius 3 is 2.12 bits per heavy atom. The summed E-state index contributed by atoms with van der Waals surface area (Å²) in [6, 6.07) is -0.194. The minimum Gasteiger partial charge on any atom is -0.361 e. The standard InChI is InChI=1S/C10H18N4O3/c1-5-17-6-14-8-7(12(3)10(14)16)11(2)9(15)13(8)4/h7-8H,5-6H2,1-4H3. The predicted octanol–water partition coefficient (Wildman–Crippen LogP) is -0.00280. The fourth-order valence-corrected chi connectivity index (χ4v) is 2.46. The zero-order chi connectivity index (χ0) is 12.7. The maximum absolute atomic E-state index is 12.0. The summed E-state index contributed by atoms with van der Waals surface area (Å²) >= 11 is 0. The van der Waals surface area contributed by atoms with Crippen LogP contribution in [0.15, 0.2) is 0 Å². The maximum atomic E-state index is 12.0.